The van der Waals surface area contributed by atoms with Crippen LogP contribution in [0.5, 0.6) is 0 Å². The summed E-state index contributed by atoms with van der Waals surface area (Å²) in [6, 6.07) is 86.7. The summed E-state index contributed by atoms with van der Waals surface area (Å²) in [5, 5.41) is 10.1. The quantitative estimate of drug-likeness (QED) is 0.145. The van der Waals surface area contributed by atoms with Crippen LogP contribution in [0, 0.1) is 0 Å². The van der Waals surface area contributed by atoms with Gasteiger partial charge in [0, 0.05) is 31.5 Å². The van der Waals surface area contributed by atoms with Gasteiger partial charge in [-0.2, -0.15) is 0 Å². The molecule has 12 rings (SSSR count). The molecule has 290 valence electrons. The topological polar surface area (TPSA) is 3.24 Å². The number of fused-ring (bicyclic) bond motifs is 7. The van der Waals surface area contributed by atoms with E-state index in [0.717, 1.165) is 11.4 Å². The maximum atomic E-state index is 2.45. The third-order valence-electron chi connectivity index (χ3n) is 12.4. The van der Waals surface area contributed by atoms with Gasteiger partial charge in [0.2, 0.25) is 0 Å². The molecule has 0 aliphatic rings. The molecule has 0 aliphatic heterocycles. The van der Waals surface area contributed by atoms with Crippen molar-refractivity contribution < 1.29 is 0 Å². The van der Waals surface area contributed by atoms with Gasteiger partial charge in [0.1, 0.15) is 0 Å². The fraction of sp³-hybridized carbons (Fsp3) is 0. The van der Waals surface area contributed by atoms with E-state index in [0.29, 0.717) is 0 Å². The smallest absolute Gasteiger partial charge is 0.0554 e. The summed E-state index contributed by atoms with van der Waals surface area (Å²) in [6.45, 7) is 0. The lowest BCUT2D eigenvalue weighted by Crippen LogP contribution is -2.10. The Balaban J connectivity index is 1.04. The summed E-state index contributed by atoms with van der Waals surface area (Å²) in [4.78, 5) is 2.45. The monoisotopic (exact) mass is 805 g/mol. The molecule has 1 aromatic heterocycles. The van der Waals surface area contributed by atoms with Crippen molar-refractivity contribution in [2.45, 2.75) is 0 Å². The van der Waals surface area contributed by atoms with Gasteiger partial charge in [-0.15, -0.1) is 11.3 Å². The molecule has 0 amide bonds. The molecule has 2 heteroatoms. The zero-order valence-corrected chi connectivity index (χ0v) is 34.7. The second-order valence-corrected chi connectivity index (χ2v) is 17.1. The number of nitrogens with zero attached hydrogens (tertiary/aromatic N) is 1. The molecule has 0 saturated heterocycles. The zero-order valence-electron chi connectivity index (χ0n) is 33.9. The van der Waals surface area contributed by atoms with Crippen molar-refractivity contribution in [2.24, 2.45) is 0 Å². The summed E-state index contributed by atoms with van der Waals surface area (Å²) < 4.78 is 2.58. The van der Waals surface area contributed by atoms with E-state index in [2.05, 4.69) is 241 Å². The molecule has 0 fully saturated rings. The van der Waals surface area contributed by atoms with Crippen LogP contribution in [0.3, 0.4) is 0 Å². The van der Waals surface area contributed by atoms with Crippen molar-refractivity contribution in [2.75, 3.05) is 4.90 Å². The molecule has 0 radical (unpaired) electrons. The fourth-order valence-corrected chi connectivity index (χ4v) is 10.8. The van der Waals surface area contributed by atoms with Crippen molar-refractivity contribution in [3.63, 3.8) is 0 Å². The highest BCUT2D eigenvalue weighted by atomic mass is 32.1. The average Bonchev–Trinajstić information content (AvgIpc) is 3.74. The van der Waals surface area contributed by atoms with Crippen molar-refractivity contribution in [3.8, 4) is 44.5 Å². The van der Waals surface area contributed by atoms with Gasteiger partial charge in [0.05, 0.1) is 5.69 Å². The lowest BCUT2D eigenvalue weighted by Gasteiger charge is -2.27. The van der Waals surface area contributed by atoms with Gasteiger partial charge in [-0.25, -0.2) is 0 Å². The number of thiophene rings is 1. The highest BCUT2D eigenvalue weighted by Gasteiger charge is 2.21. The van der Waals surface area contributed by atoms with E-state index in [9.17, 15) is 0 Å². The minimum Gasteiger partial charge on any atom is -0.310 e. The molecule has 11 aromatic carbocycles. The van der Waals surface area contributed by atoms with Crippen LogP contribution >= 0.6 is 11.3 Å². The first-order valence-electron chi connectivity index (χ1n) is 21.3. The van der Waals surface area contributed by atoms with Crippen molar-refractivity contribution in [1.29, 1.82) is 0 Å². The molecule has 1 heterocycles. The third-order valence-corrected chi connectivity index (χ3v) is 13.6. The summed E-state index contributed by atoms with van der Waals surface area (Å²) in [7, 11) is 0. The van der Waals surface area contributed by atoms with Gasteiger partial charge in [0.25, 0.3) is 0 Å². The van der Waals surface area contributed by atoms with Crippen LogP contribution in [-0.4, -0.2) is 0 Å². The average molecular weight is 806 g/mol. The summed E-state index contributed by atoms with van der Waals surface area (Å²) in [5.41, 5.74) is 13.1. The maximum Gasteiger partial charge on any atom is 0.0554 e. The van der Waals surface area contributed by atoms with Gasteiger partial charge in [0.15, 0.2) is 0 Å². The molecular formula is C60H39NS. The van der Waals surface area contributed by atoms with Gasteiger partial charge in [-0.3, -0.25) is 0 Å². The van der Waals surface area contributed by atoms with E-state index >= 15 is 0 Å². The van der Waals surface area contributed by atoms with Crippen LogP contribution in [0.1, 0.15) is 0 Å². The first kappa shape index (κ1) is 36.1. The van der Waals surface area contributed by atoms with Gasteiger partial charge in [-0.05, 0) is 125 Å². The Morgan fingerprint density at radius 1 is 0.290 bits per heavy atom. The summed E-state index contributed by atoms with van der Waals surface area (Å²) in [5.74, 6) is 0. The second kappa shape index (κ2) is 15.0. The maximum absolute atomic E-state index is 2.45. The molecular weight excluding hydrogens is 767 g/mol. The van der Waals surface area contributed by atoms with Gasteiger partial charge >= 0.3 is 0 Å². The van der Waals surface area contributed by atoms with E-state index < -0.39 is 0 Å². The molecule has 0 aliphatic carbocycles. The predicted molar refractivity (Wildman–Crippen MR) is 268 cm³/mol. The Hall–Kier alpha value is -7.78. The van der Waals surface area contributed by atoms with Crippen molar-refractivity contribution in [1.82, 2.24) is 0 Å². The number of hydrogen-bond donors (Lipinski definition) is 0. The summed E-state index contributed by atoms with van der Waals surface area (Å²) >= 11 is 1.86. The Morgan fingerprint density at radius 3 is 1.65 bits per heavy atom. The first-order chi connectivity index (χ1) is 30.8. The van der Waals surface area contributed by atoms with Crippen LogP contribution in [-0.2, 0) is 0 Å². The molecule has 0 N–H and O–H groups in total. The molecule has 0 spiro atoms. The Morgan fingerprint density at radius 2 is 0.855 bits per heavy atom. The number of anilines is 3. The molecule has 62 heavy (non-hydrogen) atoms. The van der Waals surface area contributed by atoms with Crippen molar-refractivity contribution >= 4 is 80.9 Å². The second-order valence-electron chi connectivity index (χ2n) is 16.0. The largest absolute Gasteiger partial charge is 0.310 e. The molecule has 0 unspecified atom stereocenters. The lowest BCUT2D eigenvalue weighted by molar-refractivity contribution is 1.30. The molecule has 0 saturated carbocycles. The SMILES string of the molecule is c1ccc(-c2c(-c3ccccc3)c3cc(-c4ccc(N(c5cccc(-c6cccc7ccccc67)c5)c5cccc6sc7ccccc7c56)cc4)ccc3c3ccccc23)cc1. The van der Waals surface area contributed by atoms with E-state index in [-0.39, 0.29) is 0 Å². The molecule has 12 aromatic rings. The van der Waals surface area contributed by atoms with E-state index in [1.54, 1.807) is 0 Å². The van der Waals surface area contributed by atoms with E-state index in [1.807, 2.05) is 11.3 Å². The zero-order chi connectivity index (χ0) is 41.0. The number of rotatable bonds is 7. The van der Waals surface area contributed by atoms with Crippen LogP contribution < -0.4 is 4.90 Å². The fourth-order valence-electron chi connectivity index (χ4n) is 9.64. The van der Waals surface area contributed by atoms with Gasteiger partial charge < -0.3 is 4.90 Å². The van der Waals surface area contributed by atoms with Crippen LogP contribution in [0.25, 0.3) is 97.0 Å². The third kappa shape index (κ3) is 6.07. The standard InChI is InChI=1S/C60H39NS/c1-3-17-42(18-4-1)58-52-26-10-9-25-50(52)51-37-34-44(39-54(51)59(58)43-19-5-2-6-20-43)40-32-35-46(36-33-40)61(55-29-15-31-57-60(55)53-27-11-12-30-56(53)62-57)47-23-13-22-45(38-47)49-28-14-21-41-16-7-8-24-48(41)49/h1-39H. The normalized spacial score (nSPS) is 11.5. The van der Waals surface area contributed by atoms with Crippen molar-refractivity contribution in [3.05, 3.63) is 237 Å². The molecule has 0 bridgehead atoms. The van der Waals surface area contributed by atoms with E-state index in [4.69, 9.17) is 0 Å². The van der Waals surface area contributed by atoms with Crippen LogP contribution in [0.15, 0.2) is 237 Å². The highest BCUT2D eigenvalue weighted by molar-refractivity contribution is 7.26. The minimum atomic E-state index is 1.11. The van der Waals surface area contributed by atoms with Crippen LogP contribution in [0.4, 0.5) is 17.1 Å². The first-order valence-corrected chi connectivity index (χ1v) is 22.1. The Kier molecular flexibility index (Phi) is 8.76. The number of hydrogen-bond acceptors (Lipinski definition) is 2. The lowest BCUT2D eigenvalue weighted by atomic mass is 9.84. The number of benzene rings is 11. The minimum absolute atomic E-state index is 1.11. The van der Waals surface area contributed by atoms with Gasteiger partial charge in [-0.1, -0.05) is 188 Å². The Bertz CT molecular complexity index is 3620. The summed E-state index contributed by atoms with van der Waals surface area (Å²) in [6.07, 6.45) is 0. The van der Waals surface area contributed by atoms with Crippen LogP contribution in [0.2, 0.25) is 0 Å². The predicted octanol–water partition coefficient (Wildman–Crippen LogP) is 17.7. The van der Waals surface area contributed by atoms with E-state index in [1.165, 1.54) is 103 Å². The Labute approximate surface area is 365 Å². The molecule has 1 nitrogen and oxygen atoms in total. The highest BCUT2D eigenvalue weighted by Crippen LogP contribution is 2.48. The molecule has 0 atom stereocenters.